The van der Waals surface area contributed by atoms with E-state index in [0.717, 1.165) is 12.0 Å². The van der Waals surface area contributed by atoms with E-state index in [1.165, 1.54) is 19.3 Å². The average Bonchev–Trinajstić information content (AvgIpc) is 2.29. The molecule has 0 amide bonds. The molecule has 1 aromatic carbocycles. The van der Waals surface area contributed by atoms with E-state index in [1.807, 2.05) is 12.1 Å². The fourth-order valence-electron chi connectivity index (χ4n) is 1.50. The molecule has 0 aliphatic heterocycles. The van der Waals surface area contributed by atoms with Crippen molar-refractivity contribution in [1.82, 2.24) is 0 Å². The quantitative estimate of drug-likeness (QED) is 0.667. The molecule has 0 N–H and O–H groups in total. The van der Waals surface area contributed by atoms with Crippen LogP contribution in [0.25, 0.3) is 6.08 Å². The monoisotopic (exact) mass is 217 g/mol. The normalized spacial score (nSPS) is 10.8. The minimum Gasteiger partial charge on any atom is -0.242 e. The lowest BCUT2D eigenvalue weighted by Crippen LogP contribution is -1.93. The number of allylic oxidation sites excluding steroid dienone is 1. The number of benzene rings is 1. The van der Waals surface area contributed by atoms with Crippen LogP contribution in [-0.4, -0.2) is 5.97 Å². The zero-order valence-electron chi connectivity index (χ0n) is 9.61. The molecule has 0 atom stereocenters. The van der Waals surface area contributed by atoms with Crippen LogP contribution >= 0.6 is 0 Å². The van der Waals surface area contributed by atoms with Gasteiger partial charge in [0, 0.05) is 0 Å². The van der Waals surface area contributed by atoms with Crippen LogP contribution < -0.4 is 0 Å². The van der Waals surface area contributed by atoms with Crippen LogP contribution in [0.4, 0.5) is 0 Å². The van der Waals surface area contributed by atoms with Gasteiger partial charge in [-0.3, -0.25) is 0 Å². The Morgan fingerprint density at radius 2 is 2.12 bits per heavy atom. The highest BCUT2D eigenvalue weighted by molar-refractivity contribution is 5.87. The van der Waals surface area contributed by atoms with Gasteiger partial charge in [0.05, 0.1) is 5.56 Å². The molecular weight excluding hydrogens is 200 g/mol. The molecule has 85 valence electrons. The maximum absolute atomic E-state index is 10.6. The Hall–Kier alpha value is -1.57. The molecule has 0 saturated carbocycles. The summed E-state index contributed by atoms with van der Waals surface area (Å²) in [4.78, 5) is 10.6. The highest BCUT2D eigenvalue weighted by Gasteiger charge is 2.03. The first-order valence-electron chi connectivity index (χ1n) is 5.72. The third kappa shape index (κ3) is 4.30. The second-order valence-corrected chi connectivity index (χ2v) is 3.81. The summed E-state index contributed by atoms with van der Waals surface area (Å²) in [7, 11) is 0. The highest BCUT2D eigenvalue weighted by Crippen LogP contribution is 2.09. The van der Waals surface area contributed by atoms with E-state index in [2.05, 4.69) is 13.0 Å². The number of hydrogen-bond acceptors (Lipinski definition) is 1. The Morgan fingerprint density at radius 3 is 2.81 bits per heavy atom. The molecule has 1 aromatic rings. The molecule has 16 heavy (non-hydrogen) atoms. The Bertz CT molecular complexity index is 367. The van der Waals surface area contributed by atoms with Gasteiger partial charge in [-0.1, -0.05) is 44.1 Å². The van der Waals surface area contributed by atoms with E-state index in [-0.39, 0.29) is 5.56 Å². The molecule has 0 aromatic heterocycles. The molecule has 0 spiro atoms. The SMILES string of the molecule is CCCCC/C=C/c1cccc(C([O])=O)c1. The van der Waals surface area contributed by atoms with Gasteiger partial charge in [-0.15, -0.1) is 0 Å². The standard InChI is InChI=1S/C14H17O2/c1-2-3-4-5-6-8-12-9-7-10-13(11-12)14(15)16/h6-11H,2-5H2,1H3/b8-6+. The summed E-state index contributed by atoms with van der Waals surface area (Å²) >= 11 is 0. The summed E-state index contributed by atoms with van der Waals surface area (Å²) in [6.07, 6.45) is 8.74. The average molecular weight is 217 g/mol. The van der Waals surface area contributed by atoms with Gasteiger partial charge in [-0.2, -0.15) is 0 Å². The predicted molar refractivity (Wildman–Crippen MR) is 64.6 cm³/mol. The first-order valence-corrected chi connectivity index (χ1v) is 5.72. The van der Waals surface area contributed by atoms with Crippen molar-refractivity contribution in [1.29, 1.82) is 0 Å². The summed E-state index contributed by atoms with van der Waals surface area (Å²) < 4.78 is 0. The number of rotatable bonds is 6. The van der Waals surface area contributed by atoms with Gasteiger partial charge >= 0.3 is 5.97 Å². The third-order valence-corrected chi connectivity index (χ3v) is 2.41. The van der Waals surface area contributed by atoms with E-state index in [4.69, 9.17) is 0 Å². The molecule has 0 heterocycles. The number of hydrogen-bond donors (Lipinski definition) is 0. The molecule has 1 radical (unpaired) electrons. The van der Waals surface area contributed by atoms with Crippen LogP contribution in [0.5, 0.6) is 0 Å². The van der Waals surface area contributed by atoms with Crippen LogP contribution in [0.15, 0.2) is 30.3 Å². The molecule has 0 fully saturated rings. The fourth-order valence-corrected chi connectivity index (χ4v) is 1.50. The van der Waals surface area contributed by atoms with E-state index in [0.29, 0.717) is 0 Å². The van der Waals surface area contributed by atoms with Gasteiger partial charge < -0.3 is 0 Å². The van der Waals surface area contributed by atoms with Crippen molar-refractivity contribution in [3.05, 3.63) is 41.5 Å². The van der Waals surface area contributed by atoms with Gasteiger partial charge in [0.25, 0.3) is 0 Å². The number of carbonyl (C=O) groups excluding carboxylic acids is 1. The van der Waals surface area contributed by atoms with Crippen LogP contribution in [-0.2, 0) is 5.11 Å². The van der Waals surface area contributed by atoms with E-state index in [9.17, 15) is 9.90 Å². The van der Waals surface area contributed by atoms with Gasteiger partial charge in [-0.05, 0) is 30.5 Å². The summed E-state index contributed by atoms with van der Waals surface area (Å²) in [5.41, 5.74) is 1.15. The minimum atomic E-state index is -1.12. The number of carbonyl (C=O) groups is 1. The van der Waals surface area contributed by atoms with Crippen LogP contribution in [0.3, 0.4) is 0 Å². The Morgan fingerprint density at radius 1 is 1.31 bits per heavy atom. The summed E-state index contributed by atoms with van der Waals surface area (Å²) in [6.45, 7) is 2.17. The van der Waals surface area contributed by atoms with Crippen molar-refractivity contribution in [2.45, 2.75) is 32.6 Å². The van der Waals surface area contributed by atoms with Crippen LogP contribution in [0.2, 0.25) is 0 Å². The molecule has 0 unspecified atom stereocenters. The maximum atomic E-state index is 10.6. The Labute approximate surface area is 96.6 Å². The van der Waals surface area contributed by atoms with E-state index in [1.54, 1.807) is 18.2 Å². The topological polar surface area (TPSA) is 37.0 Å². The third-order valence-electron chi connectivity index (χ3n) is 2.41. The maximum Gasteiger partial charge on any atom is 0.386 e. The fraction of sp³-hybridized carbons (Fsp3) is 0.357. The lowest BCUT2D eigenvalue weighted by molar-refractivity contribution is 0.0573. The first-order chi connectivity index (χ1) is 7.74. The first kappa shape index (κ1) is 12.5. The van der Waals surface area contributed by atoms with Gasteiger partial charge in [0.1, 0.15) is 0 Å². The molecule has 2 nitrogen and oxygen atoms in total. The Kier molecular flexibility index (Phi) is 5.34. The summed E-state index contributed by atoms with van der Waals surface area (Å²) in [5, 5.41) is 10.6. The van der Waals surface area contributed by atoms with E-state index < -0.39 is 5.97 Å². The Balaban J connectivity index is 2.53. The zero-order valence-corrected chi connectivity index (χ0v) is 9.61. The zero-order chi connectivity index (χ0) is 11.8. The molecule has 2 heteroatoms. The van der Waals surface area contributed by atoms with Gasteiger partial charge in [-0.25, -0.2) is 9.90 Å². The minimum absolute atomic E-state index is 0.232. The lowest BCUT2D eigenvalue weighted by Gasteiger charge is -1.96. The highest BCUT2D eigenvalue weighted by atomic mass is 16.4. The second-order valence-electron chi connectivity index (χ2n) is 3.81. The van der Waals surface area contributed by atoms with Crippen molar-refractivity contribution in [3.63, 3.8) is 0 Å². The van der Waals surface area contributed by atoms with Crippen molar-refractivity contribution in [3.8, 4) is 0 Å². The summed E-state index contributed by atoms with van der Waals surface area (Å²) in [5.74, 6) is -1.12. The largest absolute Gasteiger partial charge is 0.386 e. The lowest BCUT2D eigenvalue weighted by atomic mass is 10.1. The van der Waals surface area contributed by atoms with Crippen molar-refractivity contribution in [2.75, 3.05) is 0 Å². The molecule has 0 bridgehead atoms. The van der Waals surface area contributed by atoms with Crippen molar-refractivity contribution in [2.24, 2.45) is 0 Å². The van der Waals surface area contributed by atoms with Crippen molar-refractivity contribution < 1.29 is 9.90 Å². The molecule has 0 aliphatic rings. The van der Waals surface area contributed by atoms with Crippen LogP contribution in [0.1, 0.15) is 48.5 Å². The predicted octanol–water partition coefficient (Wildman–Crippen LogP) is 3.85. The second kappa shape index (κ2) is 6.83. The molecule has 1 rings (SSSR count). The smallest absolute Gasteiger partial charge is 0.242 e. The van der Waals surface area contributed by atoms with Crippen molar-refractivity contribution >= 4 is 12.0 Å². The van der Waals surface area contributed by atoms with Gasteiger partial charge in [0.15, 0.2) is 0 Å². The molecular formula is C14H17O2. The van der Waals surface area contributed by atoms with E-state index >= 15 is 0 Å². The molecule has 0 saturated heterocycles. The van der Waals surface area contributed by atoms with Crippen LogP contribution in [0, 0.1) is 0 Å². The van der Waals surface area contributed by atoms with Gasteiger partial charge in [0.2, 0.25) is 0 Å². The number of unbranched alkanes of at least 4 members (excludes halogenated alkanes) is 3. The molecule has 0 aliphatic carbocycles. The summed E-state index contributed by atoms with van der Waals surface area (Å²) in [6, 6.07) is 6.80.